The molecule has 0 bridgehead atoms. The Morgan fingerprint density at radius 3 is 2.27 bits per heavy atom. The Morgan fingerprint density at radius 1 is 1.08 bits per heavy atom. The van der Waals surface area contributed by atoms with Gasteiger partial charge in [0, 0.05) is 24.4 Å². The molecule has 0 fully saturated rings. The van der Waals surface area contributed by atoms with Gasteiger partial charge < -0.3 is 14.6 Å². The van der Waals surface area contributed by atoms with Gasteiger partial charge in [-0.05, 0) is 43.2 Å². The van der Waals surface area contributed by atoms with Crippen molar-refractivity contribution in [1.29, 1.82) is 0 Å². The number of allylic oxidation sites excluding steroid dienone is 1. The van der Waals surface area contributed by atoms with Crippen molar-refractivity contribution < 1.29 is 4.74 Å². The monoisotopic (exact) mass is 363 g/mol. The molecular weight excluding hydrogens is 322 g/mol. The minimum Gasteiger partial charge on any atom is -0.498 e. The van der Waals surface area contributed by atoms with E-state index in [0.29, 0.717) is 0 Å². The molecule has 1 atom stereocenters. The van der Waals surface area contributed by atoms with Crippen molar-refractivity contribution in [3.63, 3.8) is 0 Å². The molecule has 1 aromatic rings. The van der Waals surface area contributed by atoms with Gasteiger partial charge >= 0.3 is 0 Å². The molecule has 0 aliphatic rings. The van der Waals surface area contributed by atoms with Gasteiger partial charge in [-0.2, -0.15) is 0 Å². The summed E-state index contributed by atoms with van der Waals surface area (Å²) in [6.07, 6.45) is 8.86. The Hall–Kier alpha value is -1.29. The van der Waals surface area contributed by atoms with Crippen LogP contribution in [-0.4, -0.2) is 29.2 Å². The van der Waals surface area contributed by atoms with Gasteiger partial charge in [-0.25, -0.2) is 4.98 Å². The maximum Gasteiger partial charge on any atom is 0.0952 e. The van der Waals surface area contributed by atoms with Crippen molar-refractivity contribution >= 4 is 0 Å². The van der Waals surface area contributed by atoms with E-state index in [1.807, 2.05) is 18.7 Å². The molecule has 1 heterocycles. The predicted molar refractivity (Wildman–Crippen MR) is 111 cm³/mol. The van der Waals surface area contributed by atoms with E-state index in [1.54, 1.807) is 0 Å². The molecule has 1 unspecified atom stereocenters. The zero-order valence-corrected chi connectivity index (χ0v) is 18.2. The lowest BCUT2D eigenvalue weighted by Gasteiger charge is -2.46. The van der Waals surface area contributed by atoms with Crippen molar-refractivity contribution in [2.45, 2.75) is 74.3 Å². The first kappa shape index (κ1) is 22.8. The van der Waals surface area contributed by atoms with Crippen LogP contribution in [-0.2, 0) is 11.3 Å². The minimum absolute atomic E-state index is 0.0382. The van der Waals surface area contributed by atoms with Gasteiger partial charge in [-0.1, -0.05) is 55.0 Å². The lowest BCUT2D eigenvalue weighted by Crippen LogP contribution is -2.39. The van der Waals surface area contributed by atoms with Crippen LogP contribution in [0, 0.1) is 16.2 Å². The Labute approximate surface area is 161 Å². The van der Waals surface area contributed by atoms with Gasteiger partial charge in [0.05, 0.1) is 18.7 Å². The van der Waals surface area contributed by atoms with Crippen LogP contribution in [0.25, 0.3) is 0 Å². The summed E-state index contributed by atoms with van der Waals surface area (Å²) in [5.74, 6) is 0.931. The number of aryl methyl sites for hydroxylation is 1. The summed E-state index contributed by atoms with van der Waals surface area (Å²) in [5.41, 5.74) is 0.317. The molecular formula is C22H41N3O. The molecule has 26 heavy (non-hydrogen) atoms. The van der Waals surface area contributed by atoms with E-state index < -0.39 is 0 Å². The largest absolute Gasteiger partial charge is 0.498 e. The van der Waals surface area contributed by atoms with Crippen molar-refractivity contribution in [3.05, 3.63) is 31.1 Å². The quantitative estimate of drug-likeness (QED) is 0.430. The van der Waals surface area contributed by atoms with Crippen LogP contribution in [0.2, 0.25) is 0 Å². The number of imidazole rings is 1. The van der Waals surface area contributed by atoms with Crippen LogP contribution in [0.4, 0.5) is 0 Å². The molecule has 1 aromatic heterocycles. The Bertz CT molecular complexity index is 523. The fourth-order valence-electron chi connectivity index (χ4n) is 3.33. The number of ether oxygens (including phenoxy) is 1. The molecule has 0 aliphatic carbocycles. The van der Waals surface area contributed by atoms with Crippen molar-refractivity contribution in [2.24, 2.45) is 16.2 Å². The lowest BCUT2D eigenvalue weighted by atomic mass is 9.60. The summed E-state index contributed by atoms with van der Waals surface area (Å²) in [5, 5.41) is 3.49. The Kier molecular flexibility index (Phi) is 8.39. The van der Waals surface area contributed by atoms with Crippen LogP contribution in [0.1, 0.15) is 67.7 Å². The van der Waals surface area contributed by atoms with Crippen molar-refractivity contribution in [2.75, 3.05) is 19.7 Å². The third-order valence-corrected chi connectivity index (χ3v) is 5.26. The van der Waals surface area contributed by atoms with Crippen LogP contribution >= 0.6 is 0 Å². The van der Waals surface area contributed by atoms with Crippen molar-refractivity contribution in [1.82, 2.24) is 14.9 Å². The summed E-state index contributed by atoms with van der Waals surface area (Å²) in [7, 11) is 0. The fourth-order valence-corrected chi connectivity index (χ4v) is 3.33. The van der Waals surface area contributed by atoms with Crippen LogP contribution in [0.3, 0.4) is 0 Å². The number of nitrogens with zero attached hydrogens (tertiary/aromatic N) is 2. The molecule has 1 N–H and O–H groups in total. The second-order valence-electron chi connectivity index (χ2n) is 9.85. The van der Waals surface area contributed by atoms with Crippen LogP contribution < -0.4 is 5.32 Å². The molecule has 0 saturated carbocycles. The van der Waals surface area contributed by atoms with Crippen LogP contribution in [0.5, 0.6) is 0 Å². The molecule has 150 valence electrons. The maximum atomic E-state index is 6.10. The van der Waals surface area contributed by atoms with Gasteiger partial charge in [0.25, 0.3) is 0 Å². The second-order valence-corrected chi connectivity index (χ2v) is 9.85. The average molecular weight is 364 g/mol. The van der Waals surface area contributed by atoms with Crippen LogP contribution in [0.15, 0.2) is 31.1 Å². The van der Waals surface area contributed by atoms with E-state index in [2.05, 4.69) is 69.9 Å². The molecule has 0 amide bonds. The number of hydrogen-bond donors (Lipinski definition) is 1. The molecule has 0 radical (unpaired) electrons. The average Bonchev–Trinajstić information content (AvgIpc) is 3.00. The SMILES string of the molecule is C=C(OCCCNCCCn1ccnc1)C(C)(CC(C)(C)C)C(C)(C)C. The fraction of sp³-hybridized carbons (Fsp3) is 0.773. The van der Waals surface area contributed by atoms with Gasteiger partial charge in [-0.15, -0.1) is 0 Å². The molecule has 0 aliphatic heterocycles. The van der Waals surface area contributed by atoms with E-state index in [1.165, 1.54) is 0 Å². The molecule has 4 nitrogen and oxygen atoms in total. The van der Waals surface area contributed by atoms with E-state index >= 15 is 0 Å². The number of rotatable bonds is 11. The topological polar surface area (TPSA) is 39.1 Å². The van der Waals surface area contributed by atoms with E-state index in [0.717, 1.165) is 51.3 Å². The summed E-state index contributed by atoms with van der Waals surface area (Å²) < 4.78 is 8.21. The third kappa shape index (κ3) is 7.53. The van der Waals surface area contributed by atoms with Gasteiger partial charge in [0.2, 0.25) is 0 Å². The first-order valence-electron chi connectivity index (χ1n) is 9.94. The summed E-state index contributed by atoms with van der Waals surface area (Å²) in [6.45, 7) is 24.1. The highest BCUT2D eigenvalue weighted by Gasteiger charge is 2.43. The van der Waals surface area contributed by atoms with Gasteiger partial charge in [0.15, 0.2) is 0 Å². The second kappa shape index (κ2) is 9.59. The smallest absolute Gasteiger partial charge is 0.0952 e. The third-order valence-electron chi connectivity index (χ3n) is 5.26. The maximum absolute atomic E-state index is 6.10. The molecule has 1 rings (SSSR count). The van der Waals surface area contributed by atoms with Gasteiger partial charge in [-0.3, -0.25) is 0 Å². The summed E-state index contributed by atoms with van der Waals surface area (Å²) in [6, 6.07) is 0. The summed E-state index contributed by atoms with van der Waals surface area (Å²) >= 11 is 0. The highest BCUT2D eigenvalue weighted by molar-refractivity contribution is 5.08. The molecule has 0 spiro atoms. The zero-order chi connectivity index (χ0) is 19.8. The van der Waals surface area contributed by atoms with E-state index in [-0.39, 0.29) is 16.2 Å². The molecule has 4 heteroatoms. The number of hydrogen-bond acceptors (Lipinski definition) is 3. The number of nitrogens with one attached hydrogen (secondary N) is 1. The standard InChI is InChI=1S/C22H41N3O/c1-19(22(8,21(5,6)7)17-20(2,3)4)26-16-10-12-23-11-9-14-25-15-13-24-18-25/h13,15,18,23H,1,9-12,14,16-17H2,2-8H3. The normalized spacial score (nSPS) is 14.9. The number of aromatic nitrogens is 2. The first-order chi connectivity index (χ1) is 12.0. The van der Waals surface area contributed by atoms with Crippen molar-refractivity contribution in [3.8, 4) is 0 Å². The highest BCUT2D eigenvalue weighted by Crippen LogP contribution is 2.51. The lowest BCUT2D eigenvalue weighted by molar-refractivity contribution is 0.0208. The molecule has 0 aromatic carbocycles. The van der Waals surface area contributed by atoms with Gasteiger partial charge in [0.1, 0.15) is 0 Å². The minimum atomic E-state index is -0.0382. The zero-order valence-electron chi connectivity index (χ0n) is 18.2. The Morgan fingerprint density at radius 2 is 1.73 bits per heavy atom. The predicted octanol–water partition coefficient (Wildman–Crippen LogP) is 5.27. The van der Waals surface area contributed by atoms with E-state index in [9.17, 15) is 0 Å². The highest BCUT2D eigenvalue weighted by atomic mass is 16.5. The summed E-state index contributed by atoms with van der Waals surface area (Å²) in [4.78, 5) is 4.05. The van der Waals surface area contributed by atoms with E-state index in [4.69, 9.17) is 4.74 Å². The first-order valence-corrected chi connectivity index (χ1v) is 9.94. The molecule has 0 saturated heterocycles. The Balaban J connectivity index is 2.28.